The molecular formula is C30H47O3-. The van der Waals surface area contributed by atoms with E-state index >= 15 is 0 Å². The maximum absolute atomic E-state index is 12.6. The van der Waals surface area contributed by atoms with Gasteiger partial charge in [-0.25, -0.2) is 0 Å². The summed E-state index contributed by atoms with van der Waals surface area (Å²) in [5, 5.41) is 23.5. The van der Waals surface area contributed by atoms with Crippen LogP contribution < -0.4 is 5.11 Å². The summed E-state index contributed by atoms with van der Waals surface area (Å²) < 4.78 is 0. The minimum atomic E-state index is -0.795. The van der Waals surface area contributed by atoms with Gasteiger partial charge in [-0.2, -0.15) is 0 Å². The Labute approximate surface area is 201 Å². The third-order valence-electron chi connectivity index (χ3n) is 13.0. The molecule has 0 aromatic heterocycles. The number of hydrogen-bond donors (Lipinski definition) is 1. The van der Waals surface area contributed by atoms with Crippen LogP contribution in [0.2, 0.25) is 0 Å². The average molecular weight is 456 g/mol. The van der Waals surface area contributed by atoms with Crippen LogP contribution in [0.15, 0.2) is 11.6 Å². The van der Waals surface area contributed by atoms with Gasteiger partial charge in [-0.3, -0.25) is 0 Å². The highest BCUT2D eigenvalue weighted by molar-refractivity contribution is 5.74. The first-order chi connectivity index (χ1) is 15.1. The molecule has 0 saturated heterocycles. The Morgan fingerprint density at radius 3 is 2.24 bits per heavy atom. The molecule has 5 aliphatic carbocycles. The molecule has 4 saturated carbocycles. The average Bonchev–Trinajstić information content (AvgIpc) is 2.71. The highest BCUT2D eigenvalue weighted by atomic mass is 16.4. The van der Waals surface area contributed by atoms with E-state index in [9.17, 15) is 15.0 Å². The molecule has 5 rings (SSSR count). The van der Waals surface area contributed by atoms with E-state index in [2.05, 4.69) is 54.5 Å². The minimum Gasteiger partial charge on any atom is -0.550 e. The largest absolute Gasteiger partial charge is 0.550 e. The van der Waals surface area contributed by atoms with Gasteiger partial charge in [0, 0.05) is 11.4 Å². The Bertz CT molecular complexity index is 885. The zero-order valence-corrected chi connectivity index (χ0v) is 22.2. The summed E-state index contributed by atoms with van der Waals surface area (Å²) in [7, 11) is 0. The maximum Gasteiger partial charge on any atom is 0.0594 e. The van der Waals surface area contributed by atoms with Crippen LogP contribution in [0.5, 0.6) is 0 Å². The molecule has 0 aliphatic heterocycles. The molecule has 0 radical (unpaired) electrons. The summed E-state index contributed by atoms with van der Waals surface area (Å²) in [4.78, 5) is 12.6. The SMILES string of the molecule is CC1(C)CC[C@]2(C(=O)[O-])CC[C@]3(C)C(=CC[C@H]4[C@@]5(C)CC[C@@H](O)C(C)(C)[C@@H]5CC[C@]43C)[C@@H]2C1. The molecule has 0 amide bonds. The van der Waals surface area contributed by atoms with Gasteiger partial charge in [0.1, 0.15) is 0 Å². The van der Waals surface area contributed by atoms with Gasteiger partial charge in [-0.05, 0) is 109 Å². The number of aliphatic carboxylic acids is 1. The highest BCUT2D eigenvalue weighted by Gasteiger charge is 2.68. The topological polar surface area (TPSA) is 60.4 Å². The van der Waals surface area contributed by atoms with Gasteiger partial charge in [-0.15, -0.1) is 0 Å². The number of allylic oxidation sites excluding steroid dienone is 2. The fraction of sp³-hybridized carbons (Fsp3) is 0.900. The zero-order chi connectivity index (χ0) is 24.2. The van der Waals surface area contributed by atoms with Crippen molar-refractivity contribution >= 4 is 5.97 Å². The molecule has 0 unspecified atom stereocenters. The van der Waals surface area contributed by atoms with Crippen molar-refractivity contribution in [1.29, 1.82) is 0 Å². The first-order valence-corrected chi connectivity index (χ1v) is 13.7. The summed E-state index contributed by atoms with van der Waals surface area (Å²) in [5.41, 5.74) is 1.43. The Balaban J connectivity index is 1.60. The monoisotopic (exact) mass is 455 g/mol. The van der Waals surface area contributed by atoms with Gasteiger partial charge in [-0.1, -0.05) is 60.1 Å². The molecule has 0 aromatic carbocycles. The van der Waals surface area contributed by atoms with E-state index < -0.39 is 11.4 Å². The van der Waals surface area contributed by atoms with Crippen LogP contribution in [0.25, 0.3) is 0 Å². The van der Waals surface area contributed by atoms with E-state index in [1.807, 2.05) is 0 Å². The molecule has 5 aliphatic rings. The second-order valence-electron chi connectivity index (χ2n) is 15.0. The lowest BCUT2D eigenvalue weighted by molar-refractivity contribution is -0.327. The second kappa shape index (κ2) is 6.89. The normalized spacial score (nSPS) is 52.4. The first-order valence-electron chi connectivity index (χ1n) is 13.7. The number of aliphatic hydroxyl groups is 1. The molecule has 8 atom stereocenters. The van der Waals surface area contributed by atoms with Gasteiger partial charge in [0.25, 0.3) is 0 Å². The summed E-state index contributed by atoms with van der Waals surface area (Å²) in [6, 6.07) is 0. The van der Waals surface area contributed by atoms with E-state index in [1.54, 1.807) is 0 Å². The smallest absolute Gasteiger partial charge is 0.0594 e. The molecule has 0 heterocycles. The van der Waals surface area contributed by atoms with Crippen LogP contribution in [0.4, 0.5) is 0 Å². The lowest BCUT2D eigenvalue weighted by atomic mass is 9.33. The summed E-state index contributed by atoms with van der Waals surface area (Å²) >= 11 is 0. The van der Waals surface area contributed by atoms with E-state index in [0.717, 1.165) is 51.4 Å². The molecule has 3 heteroatoms. The van der Waals surface area contributed by atoms with Crippen molar-refractivity contribution in [3.05, 3.63) is 11.6 Å². The van der Waals surface area contributed by atoms with Gasteiger partial charge >= 0.3 is 0 Å². The van der Waals surface area contributed by atoms with Crippen molar-refractivity contribution < 1.29 is 15.0 Å². The Morgan fingerprint density at radius 2 is 1.58 bits per heavy atom. The maximum atomic E-state index is 12.6. The van der Waals surface area contributed by atoms with Crippen LogP contribution in [0.1, 0.15) is 113 Å². The quantitative estimate of drug-likeness (QED) is 0.501. The van der Waals surface area contributed by atoms with Crippen LogP contribution >= 0.6 is 0 Å². The molecule has 1 N–H and O–H groups in total. The third kappa shape index (κ3) is 2.87. The van der Waals surface area contributed by atoms with Crippen molar-refractivity contribution in [2.45, 2.75) is 119 Å². The van der Waals surface area contributed by atoms with Crippen LogP contribution in [0.3, 0.4) is 0 Å². The van der Waals surface area contributed by atoms with Crippen molar-refractivity contribution in [1.82, 2.24) is 0 Å². The predicted molar refractivity (Wildman–Crippen MR) is 130 cm³/mol. The molecular weight excluding hydrogens is 408 g/mol. The Kier molecular flexibility index (Phi) is 4.99. The second-order valence-corrected chi connectivity index (χ2v) is 15.0. The van der Waals surface area contributed by atoms with Gasteiger partial charge in [0.2, 0.25) is 0 Å². The highest BCUT2D eigenvalue weighted by Crippen LogP contribution is 2.75. The molecule has 4 fully saturated rings. The molecule has 0 bridgehead atoms. The van der Waals surface area contributed by atoms with Crippen molar-refractivity contribution in [3.63, 3.8) is 0 Å². The Morgan fingerprint density at radius 1 is 0.909 bits per heavy atom. The minimum absolute atomic E-state index is 0.0384. The molecule has 33 heavy (non-hydrogen) atoms. The number of carbonyl (C=O) groups excluding carboxylic acids is 1. The van der Waals surface area contributed by atoms with Crippen LogP contribution in [0, 0.1) is 50.2 Å². The predicted octanol–water partition coefficient (Wildman–Crippen LogP) is 5.90. The first kappa shape index (κ1) is 23.9. The van der Waals surface area contributed by atoms with E-state index in [0.29, 0.717) is 11.8 Å². The molecule has 0 aromatic rings. The fourth-order valence-corrected chi connectivity index (χ4v) is 10.6. The van der Waals surface area contributed by atoms with E-state index in [1.165, 1.54) is 18.4 Å². The van der Waals surface area contributed by atoms with E-state index in [4.69, 9.17) is 0 Å². The number of aliphatic hydroxyl groups excluding tert-OH is 1. The fourth-order valence-electron chi connectivity index (χ4n) is 10.6. The third-order valence-corrected chi connectivity index (χ3v) is 13.0. The van der Waals surface area contributed by atoms with Crippen LogP contribution in [-0.4, -0.2) is 17.2 Å². The molecule has 0 spiro atoms. The zero-order valence-electron chi connectivity index (χ0n) is 22.2. The standard InChI is InChI=1S/C30H48O3/c1-25(2)14-16-30(24(32)33)17-15-28(6)19(20(30)18-25)8-9-22-27(5)12-11-23(31)26(3,4)21(27)10-13-29(22,28)7/h8,20-23,31H,9-18H2,1-7H3,(H,32,33)/p-1/t20-,21-,22-,23+,27-,28+,29+,30-/m0/s1. The van der Waals surface area contributed by atoms with Gasteiger partial charge in [0.15, 0.2) is 0 Å². The number of carbonyl (C=O) groups is 1. The number of fused-ring (bicyclic) bond motifs is 7. The molecule has 186 valence electrons. The Hall–Kier alpha value is -0.830. The van der Waals surface area contributed by atoms with Gasteiger partial charge < -0.3 is 15.0 Å². The van der Waals surface area contributed by atoms with Crippen molar-refractivity contribution in [2.75, 3.05) is 0 Å². The lowest BCUT2D eigenvalue weighted by Crippen LogP contribution is -2.65. The summed E-state index contributed by atoms with van der Waals surface area (Å²) in [5.74, 6) is 0.469. The summed E-state index contributed by atoms with van der Waals surface area (Å²) in [6.07, 6.45) is 12.3. The lowest BCUT2D eigenvalue weighted by Gasteiger charge is -2.71. The number of carboxylic acid groups (broad SMARTS) is 1. The summed E-state index contributed by atoms with van der Waals surface area (Å²) in [6.45, 7) is 16.8. The van der Waals surface area contributed by atoms with E-state index in [-0.39, 0.29) is 39.1 Å². The van der Waals surface area contributed by atoms with Crippen molar-refractivity contribution in [2.24, 2.45) is 50.2 Å². The number of carboxylic acids is 1. The van der Waals surface area contributed by atoms with Crippen molar-refractivity contribution in [3.8, 4) is 0 Å². The van der Waals surface area contributed by atoms with Gasteiger partial charge in [0.05, 0.1) is 6.10 Å². The number of rotatable bonds is 1. The molecule has 3 nitrogen and oxygen atoms in total. The van der Waals surface area contributed by atoms with Crippen LogP contribution in [-0.2, 0) is 4.79 Å². The number of hydrogen-bond acceptors (Lipinski definition) is 3.